The van der Waals surface area contributed by atoms with Crippen molar-refractivity contribution >= 4 is 22.3 Å². The summed E-state index contributed by atoms with van der Waals surface area (Å²) in [4.78, 5) is 0. The standard InChI is InChI=1S/C29H12F6N4O/c1-2-17-24-22(13(9-36)10-37)20-7-15(28(30,31)32)3-5-18(20)26(24)27-19-6-4-16(40-29(33,34)35)8-21(19)23(25(17)27)14(11-38)12-39/h3-8,17H,2H2,1H3. The van der Waals surface area contributed by atoms with Crippen LogP contribution in [-0.2, 0) is 6.18 Å². The van der Waals surface area contributed by atoms with Crippen LogP contribution in [-0.4, -0.2) is 6.36 Å². The summed E-state index contributed by atoms with van der Waals surface area (Å²) in [7, 11) is 0. The lowest BCUT2D eigenvalue weighted by atomic mass is 9.81. The quantitative estimate of drug-likeness (QED) is 0.287. The van der Waals surface area contributed by atoms with Gasteiger partial charge in [-0.1, -0.05) is 19.1 Å². The smallest absolute Gasteiger partial charge is 0.406 e. The Morgan fingerprint density at radius 2 is 1.20 bits per heavy atom. The number of fused-ring (bicyclic) bond motifs is 5. The molecular formula is C29H12F6N4O. The number of nitriles is 4. The number of ether oxygens (including phenoxy) is 1. The lowest BCUT2D eigenvalue weighted by Crippen LogP contribution is -2.17. The highest BCUT2D eigenvalue weighted by molar-refractivity contribution is 6.28. The molecule has 0 amide bonds. The predicted octanol–water partition coefficient (Wildman–Crippen LogP) is 7.48. The Balaban J connectivity index is 1.88. The third-order valence-electron chi connectivity index (χ3n) is 7.03. The third-order valence-corrected chi connectivity index (χ3v) is 7.03. The number of benzene rings is 2. The minimum Gasteiger partial charge on any atom is -0.406 e. The van der Waals surface area contributed by atoms with Crippen LogP contribution >= 0.6 is 0 Å². The van der Waals surface area contributed by atoms with Crippen molar-refractivity contribution in [3.8, 4) is 30.0 Å². The monoisotopic (exact) mass is 546 g/mol. The van der Waals surface area contributed by atoms with Crippen LogP contribution in [0.3, 0.4) is 0 Å². The summed E-state index contributed by atoms with van der Waals surface area (Å²) in [6, 6.07) is 13.5. The number of allylic oxidation sites excluding steroid dienone is 8. The van der Waals surface area contributed by atoms with E-state index >= 15 is 0 Å². The fourth-order valence-electron chi connectivity index (χ4n) is 5.72. The van der Waals surface area contributed by atoms with E-state index in [2.05, 4.69) is 4.74 Å². The van der Waals surface area contributed by atoms with E-state index in [1.165, 1.54) is 12.1 Å². The molecule has 2 aromatic rings. The summed E-state index contributed by atoms with van der Waals surface area (Å²) in [5, 5.41) is 39.0. The van der Waals surface area contributed by atoms with Gasteiger partial charge in [0.15, 0.2) is 0 Å². The van der Waals surface area contributed by atoms with Crippen molar-refractivity contribution in [2.24, 2.45) is 5.92 Å². The van der Waals surface area contributed by atoms with E-state index in [4.69, 9.17) is 0 Å². The predicted molar refractivity (Wildman–Crippen MR) is 128 cm³/mol. The van der Waals surface area contributed by atoms with Crippen molar-refractivity contribution < 1.29 is 31.1 Å². The van der Waals surface area contributed by atoms with E-state index in [-0.39, 0.29) is 34.3 Å². The van der Waals surface area contributed by atoms with Crippen LogP contribution in [0.4, 0.5) is 26.3 Å². The zero-order valence-electron chi connectivity index (χ0n) is 20.2. The summed E-state index contributed by atoms with van der Waals surface area (Å²) in [5.74, 6) is -1.27. The Hall–Kier alpha value is -5.26. The average molecular weight is 546 g/mol. The van der Waals surface area contributed by atoms with Gasteiger partial charge in [-0.3, -0.25) is 0 Å². The Bertz CT molecular complexity index is 1790. The molecule has 11 heteroatoms. The van der Waals surface area contributed by atoms with Crippen molar-refractivity contribution in [3.63, 3.8) is 0 Å². The molecule has 0 aliphatic heterocycles. The topological polar surface area (TPSA) is 104 Å². The van der Waals surface area contributed by atoms with E-state index < -0.39 is 35.3 Å². The molecule has 196 valence electrons. The molecule has 0 radical (unpaired) electrons. The number of hydrogen-bond donors (Lipinski definition) is 0. The summed E-state index contributed by atoms with van der Waals surface area (Å²) in [6.45, 7) is 1.74. The molecule has 0 fully saturated rings. The fraction of sp³-hybridized carbons (Fsp3) is 0.172. The third kappa shape index (κ3) is 3.75. The number of hydrogen-bond acceptors (Lipinski definition) is 5. The van der Waals surface area contributed by atoms with Crippen LogP contribution < -0.4 is 4.74 Å². The van der Waals surface area contributed by atoms with Crippen molar-refractivity contribution in [1.82, 2.24) is 0 Å². The van der Waals surface area contributed by atoms with E-state index in [1.54, 1.807) is 31.2 Å². The van der Waals surface area contributed by atoms with Crippen molar-refractivity contribution in [2.45, 2.75) is 25.9 Å². The molecule has 5 rings (SSSR count). The molecule has 0 saturated carbocycles. The first kappa shape index (κ1) is 26.4. The van der Waals surface area contributed by atoms with Gasteiger partial charge in [0.25, 0.3) is 0 Å². The maximum absolute atomic E-state index is 13.6. The zero-order chi connectivity index (χ0) is 29.1. The van der Waals surface area contributed by atoms with Gasteiger partial charge in [0, 0.05) is 17.1 Å². The Morgan fingerprint density at radius 1 is 0.725 bits per heavy atom. The van der Waals surface area contributed by atoms with E-state index in [9.17, 15) is 47.4 Å². The largest absolute Gasteiger partial charge is 0.573 e. The van der Waals surface area contributed by atoms with Gasteiger partial charge in [-0.05, 0) is 75.2 Å². The Labute approximate surface area is 223 Å². The Morgan fingerprint density at radius 3 is 1.62 bits per heavy atom. The van der Waals surface area contributed by atoms with Crippen LogP contribution in [0.15, 0.2) is 58.7 Å². The SMILES string of the molecule is CCC1C2=C(C3=C1C(=C(C#N)C#N)c1cc(C(F)(F)F)ccc13)c1ccc(OC(F)(F)F)cc1C2=C(C#N)C#N. The van der Waals surface area contributed by atoms with Crippen LogP contribution in [0.5, 0.6) is 5.75 Å². The molecule has 1 unspecified atom stereocenters. The van der Waals surface area contributed by atoms with Gasteiger partial charge in [-0.25, -0.2) is 0 Å². The molecule has 0 spiro atoms. The van der Waals surface area contributed by atoms with Gasteiger partial charge in [0.2, 0.25) is 0 Å². The number of rotatable bonds is 2. The van der Waals surface area contributed by atoms with E-state index in [0.717, 1.165) is 24.3 Å². The van der Waals surface area contributed by atoms with Gasteiger partial charge in [0.1, 0.15) is 41.2 Å². The van der Waals surface area contributed by atoms with Gasteiger partial charge < -0.3 is 4.74 Å². The lowest BCUT2D eigenvalue weighted by Gasteiger charge is -2.20. The van der Waals surface area contributed by atoms with Crippen molar-refractivity contribution in [3.05, 3.63) is 86.5 Å². The second kappa shape index (κ2) is 8.90. The molecular weight excluding hydrogens is 534 g/mol. The molecule has 2 aromatic carbocycles. The van der Waals surface area contributed by atoms with Crippen LogP contribution in [0.1, 0.15) is 41.2 Å². The summed E-state index contributed by atoms with van der Waals surface area (Å²) < 4.78 is 83.9. The van der Waals surface area contributed by atoms with Crippen LogP contribution in [0, 0.1) is 51.2 Å². The van der Waals surface area contributed by atoms with Gasteiger partial charge in [-0.15, -0.1) is 13.2 Å². The minimum absolute atomic E-state index is 0.0238. The molecule has 3 aliphatic rings. The lowest BCUT2D eigenvalue weighted by molar-refractivity contribution is -0.274. The summed E-state index contributed by atoms with van der Waals surface area (Å²) in [5.41, 5.74) is 0.747. The summed E-state index contributed by atoms with van der Waals surface area (Å²) >= 11 is 0. The molecule has 1 atom stereocenters. The second-order valence-corrected chi connectivity index (χ2v) is 9.00. The molecule has 40 heavy (non-hydrogen) atoms. The first-order chi connectivity index (χ1) is 18.9. The van der Waals surface area contributed by atoms with Gasteiger partial charge in [-0.2, -0.15) is 34.2 Å². The van der Waals surface area contributed by atoms with E-state index in [1.807, 2.05) is 0 Å². The maximum Gasteiger partial charge on any atom is 0.573 e. The first-order valence-corrected chi connectivity index (χ1v) is 11.6. The van der Waals surface area contributed by atoms with Gasteiger partial charge in [0.05, 0.1) is 5.56 Å². The zero-order valence-corrected chi connectivity index (χ0v) is 20.2. The number of halogens is 6. The first-order valence-electron chi connectivity index (χ1n) is 11.6. The molecule has 0 saturated heterocycles. The second-order valence-electron chi connectivity index (χ2n) is 9.00. The molecule has 0 heterocycles. The molecule has 0 N–H and O–H groups in total. The number of nitrogens with zero attached hydrogens (tertiary/aromatic N) is 4. The summed E-state index contributed by atoms with van der Waals surface area (Å²) in [6.07, 6.45) is -9.44. The maximum atomic E-state index is 13.6. The molecule has 5 nitrogen and oxygen atoms in total. The van der Waals surface area contributed by atoms with Crippen molar-refractivity contribution in [2.75, 3.05) is 0 Å². The molecule has 0 aromatic heterocycles. The average Bonchev–Trinajstić information content (AvgIpc) is 3.49. The highest BCUT2D eigenvalue weighted by Crippen LogP contribution is 2.65. The molecule has 3 aliphatic carbocycles. The fourth-order valence-corrected chi connectivity index (χ4v) is 5.72. The number of alkyl halides is 6. The van der Waals surface area contributed by atoms with Crippen LogP contribution in [0.2, 0.25) is 0 Å². The van der Waals surface area contributed by atoms with Gasteiger partial charge >= 0.3 is 12.5 Å². The Kier molecular flexibility index (Phi) is 5.86. The highest BCUT2D eigenvalue weighted by Gasteiger charge is 2.48. The van der Waals surface area contributed by atoms with E-state index in [0.29, 0.717) is 33.4 Å². The normalized spacial score (nSPS) is 16.8. The minimum atomic E-state index is -5.01. The highest BCUT2D eigenvalue weighted by atomic mass is 19.4. The molecule has 0 bridgehead atoms. The van der Waals surface area contributed by atoms with Crippen LogP contribution in [0.25, 0.3) is 22.3 Å². The van der Waals surface area contributed by atoms with Crippen molar-refractivity contribution in [1.29, 1.82) is 21.0 Å².